The van der Waals surface area contributed by atoms with Gasteiger partial charge in [-0.1, -0.05) is 37.3 Å². The van der Waals surface area contributed by atoms with Crippen LogP contribution in [0.2, 0.25) is 0 Å². The summed E-state index contributed by atoms with van der Waals surface area (Å²) in [7, 11) is 1.86. The van der Waals surface area contributed by atoms with Gasteiger partial charge in [-0.05, 0) is 43.7 Å². The fraction of sp³-hybridized carbons (Fsp3) is 0.382. The van der Waals surface area contributed by atoms with Crippen molar-refractivity contribution in [3.63, 3.8) is 0 Å². The largest absolute Gasteiger partial charge is 0.441 e. The first-order chi connectivity index (χ1) is 23.3. The van der Waals surface area contributed by atoms with Crippen molar-refractivity contribution in [3.05, 3.63) is 78.4 Å². The highest BCUT2D eigenvalue weighted by molar-refractivity contribution is 5.86. The second kappa shape index (κ2) is 16.0. The summed E-state index contributed by atoms with van der Waals surface area (Å²) >= 11 is 0. The van der Waals surface area contributed by atoms with Crippen LogP contribution in [0.5, 0.6) is 0 Å². The van der Waals surface area contributed by atoms with Crippen LogP contribution in [0.3, 0.4) is 0 Å². The Morgan fingerprint density at radius 2 is 1.92 bits per heavy atom. The number of rotatable bonds is 13. The number of alkyl halides is 2. The molecule has 1 aromatic carbocycles. The summed E-state index contributed by atoms with van der Waals surface area (Å²) in [5.74, 6) is 0.925. The molecule has 3 aromatic heterocycles. The molecule has 12 nitrogen and oxygen atoms in total. The van der Waals surface area contributed by atoms with Gasteiger partial charge in [-0.25, -0.2) is 9.78 Å². The molecule has 0 aliphatic carbocycles. The summed E-state index contributed by atoms with van der Waals surface area (Å²) in [5, 5.41) is 19.9. The Morgan fingerprint density at radius 3 is 2.60 bits per heavy atom. The highest BCUT2D eigenvalue weighted by Gasteiger charge is 2.38. The van der Waals surface area contributed by atoms with E-state index >= 15 is 0 Å². The monoisotopic (exact) mass is 657 g/mol. The molecule has 1 fully saturated rings. The quantitative estimate of drug-likeness (QED) is 0.106. The zero-order valence-electron chi connectivity index (χ0n) is 27.1. The number of anilines is 2. The van der Waals surface area contributed by atoms with Gasteiger partial charge in [0, 0.05) is 43.5 Å². The fourth-order valence-corrected chi connectivity index (χ4v) is 5.42. The van der Waals surface area contributed by atoms with Gasteiger partial charge in [-0.15, -0.1) is 4.98 Å². The van der Waals surface area contributed by atoms with Crippen LogP contribution in [0.25, 0.3) is 11.1 Å². The van der Waals surface area contributed by atoms with E-state index in [1.54, 1.807) is 21.7 Å². The SMILES string of the molecule is CCC/C(CCCCNc1ncc(C#N)c(N2CCOC(F)(F)C2)n1)=[N+](\C(=O)NCc1ccccc1)c1ccc(-c2cnn(C)c2)cn1. The summed E-state index contributed by atoms with van der Waals surface area (Å²) in [6.45, 7) is 2.28. The first-order valence-corrected chi connectivity index (χ1v) is 16.0. The van der Waals surface area contributed by atoms with Crippen molar-refractivity contribution in [1.82, 2.24) is 30.0 Å². The van der Waals surface area contributed by atoms with E-state index in [0.717, 1.165) is 35.2 Å². The maximum Gasteiger partial charge on any atom is 0.441 e. The lowest BCUT2D eigenvalue weighted by molar-refractivity contribution is -0.342. The molecule has 0 unspecified atom stereocenters. The van der Waals surface area contributed by atoms with Crippen LogP contribution < -0.4 is 15.5 Å². The number of hydrogen-bond donors (Lipinski definition) is 2. The number of urea groups is 1. The Bertz CT molecular complexity index is 1750. The molecule has 0 spiro atoms. The van der Waals surface area contributed by atoms with Crippen LogP contribution in [-0.2, 0) is 18.3 Å². The smallest absolute Gasteiger partial charge is 0.354 e. The Labute approximate surface area is 278 Å². The summed E-state index contributed by atoms with van der Waals surface area (Å²) in [6.07, 6.45) is 7.10. The summed E-state index contributed by atoms with van der Waals surface area (Å²) < 4.78 is 35.7. The van der Waals surface area contributed by atoms with Gasteiger partial charge in [0.1, 0.15) is 24.4 Å². The minimum Gasteiger partial charge on any atom is -0.354 e. The number of ether oxygens (including phenoxy) is 1. The van der Waals surface area contributed by atoms with Gasteiger partial charge in [0.15, 0.2) is 5.82 Å². The molecule has 2 amide bonds. The normalized spacial score (nSPS) is 14.6. The van der Waals surface area contributed by atoms with Gasteiger partial charge in [0.25, 0.3) is 5.82 Å². The van der Waals surface area contributed by atoms with Crippen molar-refractivity contribution < 1.29 is 22.9 Å². The van der Waals surface area contributed by atoms with E-state index in [2.05, 4.69) is 37.4 Å². The van der Waals surface area contributed by atoms with Crippen LogP contribution in [0, 0.1) is 11.3 Å². The Kier molecular flexibility index (Phi) is 11.4. The van der Waals surface area contributed by atoms with Crippen LogP contribution in [0.4, 0.5) is 31.2 Å². The lowest BCUT2D eigenvalue weighted by atomic mass is 10.1. The number of pyridine rings is 1. The number of morpholine rings is 1. The third-order valence-electron chi connectivity index (χ3n) is 7.77. The molecular weight excluding hydrogens is 618 g/mol. The van der Waals surface area contributed by atoms with E-state index < -0.39 is 12.7 Å². The zero-order valence-corrected chi connectivity index (χ0v) is 27.1. The van der Waals surface area contributed by atoms with E-state index in [1.165, 1.54) is 11.1 Å². The Morgan fingerprint density at radius 1 is 1.08 bits per heavy atom. The molecule has 1 saturated heterocycles. The van der Waals surface area contributed by atoms with Gasteiger partial charge in [0.05, 0.1) is 31.3 Å². The van der Waals surface area contributed by atoms with Crippen molar-refractivity contribution in [3.8, 4) is 17.2 Å². The van der Waals surface area contributed by atoms with E-state index in [9.17, 15) is 18.8 Å². The molecule has 4 aromatic rings. The molecular formula is C34H39F2N10O2+. The summed E-state index contributed by atoms with van der Waals surface area (Å²) in [4.78, 5) is 28.4. The highest BCUT2D eigenvalue weighted by Crippen LogP contribution is 2.27. The van der Waals surface area contributed by atoms with E-state index in [-0.39, 0.29) is 36.5 Å². The van der Waals surface area contributed by atoms with Crippen LogP contribution in [0.15, 0.2) is 67.3 Å². The van der Waals surface area contributed by atoms with E-state index in [0.29, 0.717) is 38.2 Å². The van der Waals surface area contributed by atoms with E-state index in [4.69, 9.17) is 4.98 Å². The number of nitriles is 1. The number of nitrogens with zero attached hydrogens (tertiary/aromatic N) is 8. The van der Waals surface area contributed by atoms with Crippen molar-refractivity contribution in [1.29, 1.82) is 5.26 Å². The topological polar surface area (TPSA) is 137 Å². The third-order valence-corrected chi connectivity index (χ3v) is 7.77. The Balaban J connectivity index is 1.29. The molecule has 4 heterocycles. The highest BCUT2D eigenvalue weighted by atomic mass is 19.3. The number of carbonyl (C=O) groups is 1. The number of amides is 2. The number of unbranched alkanes of at least 4 members (excludes halogenated alkanes) is 1. The molecule has 250 valence electrons. The lowest BCUT2D eigenvalue weighted by Crippen LogP contribution is -2.47. The second-order valence-electron chi connectivity index (χ2n) is 11.4. The third kappa shape index (κ3) is 8.95. The standard InChI is InChI=1S/C34H38F2N10O2/c1-3-9-29(12-7-8-15-38-32-40-21-27(18-37)31(43-32)45-16-17-48-34(35,36)24-45)46(33(47)41-19-25-10-5-4-6-11-25)30-14-13-26(20-39-30)28-22-42-44(2)23-28/h4-6,10-11,13-14,20-23H,3,7-9,12,15-17,19,24H2,1-2H3,(H-,38,40,41,43,47)/p+1/b46-29+. The minimum atomic E-state index is -3.32. The predicted octanol–water partition coefficient (Wildman–Crippen LogP) is 5.65. The zero-order chi connectivity index (χ0) is 33.9. The van der Waals surface area contributed by atoms with Crippen LogP contribution >= 0.6 is 0 Å². The minimum absolute atomic E-state index is 0.116. The number of hydrogen-bond acceptors (Lipinski definition) is 9. The first kappa shape index (κ1) is 34.1. The number of carbonyl (C=O) groups excluding carboxylic acids is 1. The molecule has 0 bridgehead atoms. The van der Waals surface area contributed by atoms with Gasteiger partial charge >= 0.3 is 12.1 Å². The van der Waals surface area contributed by atoms with Crippen LogP contribution in [-0.4, -0.2) is 73.4 Å². The van der Waals surface area contributed by atoms with Gasteiger partial charge in [0.2, 0.25) is 5.95 Å². The molecule has 0 radical (unpaired) electrons. The molecule has 1 aliphatic rings. The molecule has 0 saturated carbocycles. The molecule has 0 atom stereocenters. The van der Waals surface area contributed by atoms with Gasteiger partial charge < -0.3 is 15.0 Å². The molecule has 48 heavy (non-hydrogen) atoms. The maximum absolute atomic E-state index is 13.9. The average molecular weight is 658 g/mol. The van der Waals surface area contributed by atoms with Crippen molar-refractivity contribution >= 4 is 29.3 Å². The molecule has 5 rings (SSSR count). The number of nitrogens with one attached hydrogen (secondary N) is 2. The lowest BCUT2D eigenvalue weighted by Gasteiger charge is -2.33. The maximum atomic E-state index is 13.9. The van der Waals surface area contributed by atoms with Gasteiger partial charge in [-0.3, -0.25) is 10.00 Å². The van der Waals surface area contributed by atoms with Crippen molar-refractivity contribution in [2.24, 2.45) is 7.05 Å². The second-order valence-corrected chi connectivity index (χ2v) is 11.4. The molecule has 14 heteroatoms. The first-order valence-electron chi connectivity index (χ1n) is 16.0. The van der Waals surface area contributed by atoms with Crippen molar-refractivity contribution in [2.45, 2.75) is 51.7 Å². The Hall–Kier alpha value is -5.29. The van der Waals surface area contributed by atoms with Gasteiger partial charge in [-0.2, -0.15) is 28.7 Å². The number of aromatic nitrogens is 5. The van der Waals surface area contributed by atoms with Crippen molar-refractivity contribution in [2.75, 3.05) is 36.5 Å². The number of halogens is 2. The predicted molar refractivity (Wildman–Crippen MR) is 177 cm³/mol. The fourth-order valence-electron chi connectivity index (χ4n) is 5.42. The summed E-state index contributed by atoms with van der Waals surface area (Å²) in [6, 6.07) is 15.3. The molecule has 2 N–H and O–H groups in total. The average Bonchev–Trinajstić information content (AvgIpc) is 3.53. The van der Waals surface area contributed by atoms with Crippen LogP contribution in [0.1, 0.15) is 50.2 Å². The number of benzene rings is 1. The molecule has 1 aliphatic heterocycles. The van der Waals surface area contributed by atoms with E-state index in [1.807, 2.05) is 61.8 Å². The number of aryl methyl sites for hydroxylation is 1. The summed E-state index contributed by atoms with van der Waals surface area (Å²) in [5.41, 5.74) is 3.88.